The van der Waals surface area contributed by atoms with Crippen molar-refractivity contribution in [2.24, 2.45) is 5.92 Å². The molecule has 0 aromatic rings. The predicted octanol–water partition coefficient (Wildman–Crippen LogP) is 2.79. The molecule has 0 bridgehead atoms. The summed E-state index contributed by atoms with van der Waals surface area (Å²) in [7, 11) is 0. The molecule has 5 heteroatoms. The molecule has 1 atom stereocenters. The largest absolute Gasteiger partial charge is 0.394 e. The van der Waals surface area contributed by atoms with Crippen LogP contribution in [0.15, 0.2) is 0 Å². The third-order valence-corrected chi connectivity index (χ3v) is 4.23. The van der Waals surface area contributed by atoms with Gasteiger partial charge in [0, 0.05) is 32.2 Å². The van der Waals surface area contributed by atoms with Gasteiger partial charge in [0.2, 0.25) is 0 Å². The highest BCUT2D eigenvalue weighted by molar-refractivity contribution is 4.83. The summed E-state index contributed by atoms with van der Waals surface area (Å²) in [6, 6.07) is 0.372. The van der Waals surface area contributed by atoms with E-state index >= 15 is 0 Å². The Morgan fingerprint density at radius 2 is 1.67 bits per heavy atom. The lowest BCUT2D eigenvalue weighted by Crippen LogP contribution is -2.42. The summed E-state index contributed by atoms with van der Waals surface area (Å²) in [4.78, 5) is 2.09. The summed E-state index contributed by atoms with van der Waals surface area (Å²) in [6.45, 7) is 1.70. The zero-order chi connectivity index (χ0) is 13.0. The molecule has 2 rings (SSSR count). The van der Waals surface area contributed by atoms with Gasteiger partial charge in [-0.05, 0) is 12.8 Å². The van der Waals surface area contributed by atoms with Crippen LogP contribution in [-0.4, -0.2) is 43.3 Å². The highest BCUT2D eigenvalue weighted by Crippen LogP contribution is 2.30. The van der Waals surface area contributed by atoms with Gasteiger partial charge in [-0.1, -0.05) is 25.7 Å². The van der Waals surface area contributed by atoms with Crippen LogP contribution in [0.25, 0.3) is 0 Å². The van der Waals surface area contributed by atoms with E-state index in [1.807, 2.05) is 0 Å². The summed E-state index contributed by atoms with van der Waals surface area (Å²) in [5.74, 6) is -1.21. The van der Waals surface area contributed by atoms with Gasteiger partial charge >= 0.3 is 6.18 Å². The van der Waals surface area contributed by atoms with Crippen LogP contribution < -0.4 is 5.32 Å². The van der Waals surface area contributed by atoms with E-state index < -0.39 is 12.1 Å². The van der Waals surface area contributed by atoms with Crippen molar-refractivity contribution in [1.29, 1.82) is 0 Å². The number of nitrogens with zero attached hydrogens (tertiary/aromatic N) is 1. The van der Waals surface area contributed by atoms with Crippen LogP contribution in [0, 0.1) is 5.92 Å². The molecule has 0 amide bonds. The van der Waals surface area contributed by atoms with Crippen molar-refractivity contribution in [3.63, 3.8) is 0 Å². The average molecular weight is 264 g/mol. The van der Waals surface area contributed by atoms with Crippen LogP contribution in [0.4, 0.5) is 13.2 Å². The normalized spacial score (nSPS) is 29.8. The number of rotatable bonds is 1. The van der Waals surface area contributed by atoms with E-state index in [-0.39, 0.29) is 13.1 Å². The number of halogens is 3. The van der Waals surface area contributed by atoms with Crippen molar-refractivity contribution in [2.75, 3.05) is 26.2 Å². The molecule has 18 heavy (non-hydrogen) atoms. The Balaban J connectivity index is 1.97. The second-order valence-corrected chi connectivity index (χ2v) is 5.58. The maximum atomic E-state index is 12.9. The molecule has 2 fully saturated rings. The standard InChI is InChI=1S/C13H23F3N2/c14-13(15,16)11-9-17-7-8-18(10-11)12-5-3-1-2-4-6-12/h11-12,17H,1-10H2. The fraction of sp³-hybridized carbons (Fsp3) is 1.00. The van der Waals surface area contributed by atoms with Crippen LogP contribution in [0.1, 0.15) is 38.5 Å². The molecule has 1 N–H and O–H groups in total. The summed E-state index contributed by atoms with van der Waals surface area (Å²) < 4.78 is 38.6. The minimum atomic E-state index is -4.07. The molecule has 2 aliphatic rings. The molecule has 106 valence electrons. The lowest BCUT2D eigenvalue weighted by Gasteiger charge is -2.32. The Morgan fingerprint density at radius 3 is 2.28 bits per heavy atom. The Labute approximate surface area is 107 Å². The Bertz CT molecular complexity index is 247. The van der Waals surface area contributed by atoms with E-state index in [0.29, 0.717) is 12.6 Å². The van der Waals surface area contributed by atoms with Gasteiger partial charge in [-0.3, -0.25) is 4.90 Å². The molecule has 1 saturated carbocycles. The summed E-state index contributed by atoms with van der Waals surface area (Å²) >= 11 is 0. The maximum Gasteiger partial charge on any atom is 0.394 e. The molecule has 2 nitrogen and oxygen atoms in total. The van der Waals surface area contributed by atoms with Gasteiger partial charge < -0.3 is 5.32 Å². The van der Waals surface area contributed by atoms with Crippen molar-refractivity contribution < 1.29 is 13.2 Å². The molecule has 0 aromatic carbocycles. The van der Waals surface area contributed by atoms with Gasteiger partial charge in [0.25, 0.3) is 0 Å². The van der Waals surface area contributed by atoms with Gasteiger partial charge in [-0.15, -0.1) is 0 Å². The van der Waals surface area contributed by atoms with Crippen LogP contribution in [0.3, 0.4) is 0 Å². The molecule has 0 aromatic heterocycles. The van der Waals surface area contributed by atoms with Crippen molar-refractivity contribution >= 4 is 0 Å². The van der Waals surface area contributed by atoms with E-state index in [0.717, 1.165) is 19.4 Å². The number of hydrogen-bond acceptors (Lipinski definition) is 2. The molecule has 1 saturated heterocycles. The Hall–Kier alpha value is -0.290. The average Bonchev–Trinajstić information content (AvgIpc) is 2.70. The van der Waals surface area contributed by atoms with E-state index in [1.165, 1.54) is 25.7 Å². The summed E-state index contributed by atoms with van der Waals surface area (Å²) in [5, 5.41) is 2.93. The zero-order valence-electron chi connectivity index (χ0n) is 10.8. The third kappa shape index (κ3) is 3.85. The second kappa shape index (κ2) is 6.24. The van der Waals surface area contributed by atoms with Crippen LogP contribution >= 0.6 is 0 Å². The minimum Gasteiger partial charge on any atom is -0.315 e. The predicted molar refractivity (Wildman–Crippen MR) is 65.5 cm³/mol. The second-order valence-electron chi connectivity index (χ2n) is 5.58. The molecule has 1 aliphatic heterocycles. The third-order valence-electron chi connectivity index (χ3n) is 4.23. The lowest BCUT2D eigenvalue weighted by molar-refractivity contribution is -0.177. The highest BCUT2D eigenvalue weighted by Gasteiger charge is 2.41. The van der Waals surface area contributed by atoms with Gasteiger partial charge in [-0.25, -0.2) is 0 Å². The van der Waals surface area contributed by atoms with Crippen molar-refractivity contribution in [3.8, 4) is 0 Å². The van der Waals surface area contributed by atoms with Crippen molar-refractivity contribution in [2.45, 2.75) is 50.7 Å². The zero-order valence-corrected chi connectivity index (χ0v) is 10.8. The van der Waals surface area contributed by atoms with E-state index in [9.17, 15) is 13.2 Å². The first-order valence-corrected chi connectivity index (χ1v) is 7.09. The van der Waals surface area contributed by atoms with E-state index in [2.05, 4.69) is 10.2 Å². The molecule has 1 unspecified atom stereocenters. The molecule has 1 aliphatic carbocycles. The smallest absolute Gasteiger partial charge is 0.315 e. The Morgan fingerprint density at radius 1 is 1.00 bits per heavy atom. The van der Waals surface area contributed by atoms with E-state index in [1.54, 1.807) is 0 Å². The fourth-order valence-electron chi connectivity index (χ4n) is 3.11. The fourth-order valence-corrected chi connectivity index (χ4v) is 3.11. The maximum absolute atomic E-state index is 12.9. The van der Waals surface area contributed by atoms with Gasteiger partial charge in [0.1, 0.15) is 0 Å². The topological polar surface area (TPSA) is 15.3 Å². The first kappa shape index (κ1) is 14.1. The van der Waals surface area contributed by atoms with Gasteiger partial charge in [0.15, 0.2) is 0 Å². The van der Waals surface area contributed by atoms with Gasteiger partial charge in [0.05, 0.1) is 5.92 Å². The minimum absolute atomic E-state index is 0.0761. The van der Waals surface area contributed by atoms with Crippen LogP contribution in [-0.2, 0) is 0 Å². The van der Waals surface area contributed by atoms with E-state index in [4.69, 9.17) is 0 Å². The number of alkyl halides is 3. The molecule has 1 heterocycles. The number of hydrogen-bond donors (Lipinski definition) is 1. The Kier molecular flexibility index (Phi) is 4.90. The first-order chi connectivity index (χ1) is 8.57. The number of nitrogens with one attached hydrogen (secondary N) is 1. The lowest BCUT2D eigenvalue weighted by atomic mass is 10.0. The monoisotopic (exact) mass is 264 g/mol. The highest BCUT2D eigenvalue weighted by atomic mass is 19.4. The summed E-state index contributed by atoms with van der Waals surface area (Å²) in [5.41, 5.74) is 0. The first-order valence-electron chi connectivity index (χ1n) is 7.09. The molecule has 0 spiro atoms. The van der Waals surface area contributed by atoms with Crippen molar-refractivity contribution in [3.05, 3.63) is 0 Å². The SMILES string of the molecule is FC(F)(F)C1CNCCN(C2CCCCCC2)C1. The van der Waals surface area contributed by atoms with Crippen LogP contribution in [0.2, 0.25) is 0 Å². The van der Waals surface area contributed by atoms with Crippen molar-refractivity contribution in [1.82, 2.24) is 10.2 Å². The summed E-state index contributed by atoms with van der Waals surface area (Å²) in [6.07, 6.45) is 2.91. The molecular formula is C13H23F3N2. The van der Waals surface area contributed by atoms with Gasteiger partial charge in [-0.2, -0.15) is 13.2 Å². The quantitative estimate of drug-likeness (QED) is 0.733. The molecular weight excluding hydrogens is 241 g/mol. The molecule has 0 radical (unpaired) electrons. The van der Waals surface area contributed by atoms with Crippen LogP contribution in [0.5, 0.6) is 0 Å².